The zero-order valence-corrected chi connectivity index (χ0v) is 18.2. The van der Waals surface area contributed by atoms with Crippen molar-refractivity contribution in [3.63, 3.8) is 0 Å². The molecule has 0 unspecified atom stereocenters. The van der Waals surface area contributed by atoms with Crippen LogP contribution in [0, 0.1) is 32.1 Å². The molecule has 2 atom stereocenters. The molecule has 0 aromatic carbocycles. The van der Waals surface area contributed by atoms with E-state index in [0.29, 0.717) is 17.0 Å². The number of hydrogen-bond acceptors (Lipinski definition) is 6. The van der Waals surface area contributed by atoms with E-state index in [-0.39, 0.29) is 35.2 Å². The Morgan fingerprint density at radius 1 is 1.37 bits per heavy atom. The first-order valence-electron chi connectivity index (χ1n) is 9.13. The van der Waals surface area contributed by atoms with E-state index in [0.717, 1.165) is 23.2 Å². The Morgan fingerprint density at radius 2 is 2.04 bits per heavy atom. The van der Waals surface area contributed by atoms with Gasteiger partial charge in [-0.2, -0.15) is 5.26 Å². The van der Waals surface area contributed by atoms with Crippen molar-refractivity contribution in [1.82, 2.24) is 9.88 Å². The molecule has 1 amide bonds. The first kappa shape index (κ1) is 21.7. The summed E-state index contributed by atoms with van der Waals surface area (Å²) < 4.78 is 23.7. The molecule has 0 bridgehead atoms. The lowest BCUT2D eigenvalue weighted by Gasteiger charge is -2.33. The number of carbonyl (C=O) groups excluding carboxylic acids is 1. The van der Waals surface area contributed by atoms with Gasteiger partial charge < -0.3 is 4.90 Å². The summed E-state index contributed by atoms with van der Waals surface area (Å²) in [6.45, 7) is 9.66. The van der Waals surface area contributed by atoms with Gasteiger partial charge in [-0.05, 0) is 51.7 Å². The zero-order valence-electron chi connectivity index (χ0n) is 16.6. The number of pyridine rings is 1. The second kappa shape index (κ2) is 8.61. The van der Waals surface area contributed by atoms with E-state index in [1.54, 1.807) is 4.90 Å². The van der Waals surface area contributed by atoms with Crippen molar-refractivity contribution >= 4 is 27.5 Å². The summed E-state index contributed by atoms with van der Waals surface area (Å²) in [7, 11) is -3.07. The van der Waals surface area contributed by atoms with Gasteiger partial charge in [-0.25, -0.2) is 13.4 Å². The Kier molecular flexibility index (Phi) is 6.92. The lowest BCUT2D eigenvalue weighted by molar-refractivity contribution is -0.132. The second-order valence-electron chi connectivity index (χ2n) is 7.14. The first-order valence-corrected chi connectivity index (χ1v) is 11.9. The Hall–Kier alpha value is -1.59. The number of aromatic nitrogens is 1. The number of rotatable bonds is 6. The van der Waals surface area contributed by atoms with Gasteiger partial charge in [-0.15, -0.1) is 0 Å². The summed E-state index contributed by atoms with van der Waals surface area (Å²) in [6, 6.07) is 1.91. The summed E-state index contributed by atoms with van der Waals surface area (Å²) in [4.78, 5) is 19.2. The molecule has 0 aliphatic carbocycles. The van der Waals surface area contributed by atoms with Gasteiger partial charge in [0.15, 0.2) is 9.84 Å². The van der Waals surface area contributed by atoms with Crippen LogP contribution in [0.15, 0.2) is 5.03 Å². The topological polar surface area (TPSA) is 91.1 Å². The van der Waals surface area contributed by atoms with Crippen molar-refractivity contribution < 1.29 is 13.2 Å². The van der Waals surface area contributed by atoms with Crippen LogP contribution in [0.5, 0.6) is 0 Å². The summed E-state index contributed by atoms with van der Waals surface area (Å²) in [6.07, 6.45) is 1.25. The van der Waals surface area contributed by atoms with Crippen LogP contribution in [0.25, 0.3) is 0 Å². The van der Waals surface area contributed by atoms with E-state index in [2.05, 4.69) is 11.1 Å². The van der Waals surface area contributed by atoms with Crippen LogP contribution < -0.4 is 0 Å². The van der Waals surface area contributed by atoms with E-state index in [4.69, 9.17) is 0 Å². The van der Waals surface area contributed by atoms with E-state index in [1.807, 2.05) is 34.6 Å². The number of carbonyl (C=O) groups is 1. The Bertz CT molecular complexity index is 875. The molecule has 148 valence electrons. The lowest BCUT2D eigenvalue weighted by atomic mass is 10.1. The normalized spacial score (nSPS) is 19.5. The highest BCUT2D eigenvalue weighted by Crippen LogP contribution is 2.28. The molecule has 2 heterocycles. The maximum absolute atomic E-state index is 13.0. The Balaban J connectivity index is 2.21. The molecule has 0 radical (unpaired) electrons. The molecule has 1 aromatic heterocycles. The Labute approximate surface area is 166 Å². The van der Waals surface area contributed by atoms with Crippen molar-refractivity contribution in [2.75, 3.05) is 17.3 Å². The minimum absolute atomic E-state index is 0.0266. The highest BCUT2D eigenvalue weighted by molar-refractivity contribution is 8.00. The van der Waals surface area contributed by atoms with E-state index < -0.39 is 9.84 Å². The minimum Gasteiger partial charge on any atom is -0.335 e. The molecular formula is C19H27N3O3S2. The number of nitrogens with zero attached hydrogens (tertiary/aromatic N) is 3. The van der Waals surface area contributed by atoms with Gasteiger partial charge in [0.2, 0.25) is 5.91 Å². The fourth-order valence-electron chi connectivity index (χ4n) is 3.35. The third kappa shape index (κ3) is 4.82. The van der Waals surface area contributed by atoms with Gasteiger partial charge in [0.05, 0.1) is 22.8 Å². The van der Waals surface area contributed by atoms with Crippen LogP contribution in [0.2, 0.25) is 0 Å². The van der Waals surface area contributed by atoms with Gasteiger partial charge in [0.25, 0.3) is 0 Å². The number of nitriles is 1. The monoisotopic (exact) mass is 409 g/mol. The molecule has 8 heteroatoms. The van der Waals surface area contributed by atoms with Crippen LogP contribution in [0.4, 0.5) is 0 Å². The molecule has 0 N–H and O–H groups in total. The quantitative estimate of drug-likeness (QED) is 0.671. The number of amides is 1. The molecule has 0 saturated carbocycles. The fraction of sp³-hybridized carbons (Fsp3) is 0.632. The second-order valence-corrected chi connectivity index (χ2v) is 10.3. The summed E-state index contributed by atoms with van der Waals surface area (Å²) in [5, 5.41) is 10.0. The SMILES string of the molecule is CC[C@@H](C)N(C(=O)CSc1nc(C)c(C)c(C)c1C#N)[C@H]1CCS(=O)(=O)C1. The van der Waals surface area contributed by atoms with Crippen molar-refractivity contribution in [2.45, 2.75) is 64.6 Å². The molecule has 0 spiro atoms. The maximum atomic E-state index is 13.0. The molecule has 1 aromatic rings. The van der Waals surface area contributed by atoms with Gasteiger partial charge in [-0.3, -0.25) is 4.79 Å². The maximum Gasteiger partial charge on any atom is 0.233 e. The summed E-state index contributed by atoms with van der Waals surface area (Å²) >= 11 is 1.26. The van der Waals surface area contributed by atoms with E-state index >= 15 is 0 Å². The predicted octanol–water partition coefficient (Wildman–Crippen LogP) is 2.78. The molecule has 2 rings (SSSR count). The number of aryl methyl sites for hydroxylation is 1. The highest BCUT2D eigenvalue weighted by atomic mass is 32.2. The van der Waals surface area contributed by atoms with Gasteiger partial charge in [0, 0.05) is 17.8 Å². The first-order chi connectivity index (χ1) is 12.6. The smallest absolute Gasteiger partial charge is 0.233 e. The standard InChI is InChI=1S/C19H27N3O3S2/c1-6-12(2)22(16-7-8-27(24,25)11-16)18(23)10-26-19-17(9-20)14(4)13(3)15(5)21-19/h12,16H,6-8,10-11H2,1-5H3/t12-,16+/m1/s1. The largest absolute Gasteiger partial charge is 0.335 e. The summed E-state index contributed by atoms with van der Waals surface area (Å²) in [5.41, 5.74) is 3.23. The van der Waals surface area contributed by atoms with Crippen LogP contribution in [0.1, 0.15) is 49.1 Å². The molecule has 6 nitrogen and oxygen atoms in total. The fourth-order valence-corrected chi connectivity index (χ4v) is 6.02. The van der Waals surface area contributed by atoms with Crippen molar-refractivity contribution in [3.05, 3.63) is 22.4 Å². The highest BCUT2D eigenvalue weighted by Gasteiger charge is 2.36. The van der Waals surface area contributed by atoms with E-state index in [1.165, 1.54) is 11.8 Å². The van der Waals surface area contributed by atoms with Crippen molar-refractivity contribution in [1.29, 1.82) is 5.26 Å². The van der Waals surface area contributed by atoms with Crippen LogP contribution in [-0.4, -0.2) is 53.6 Å². The molecule has 1 fully saturated rings. The van der Waals surface area contributed by atoms with Crippen LogP contribution >= 0.6 is 11.8 Å². The number of thioether (sulfide) groups is 1. The third-order valence-corrected chi connectivity index (χ3v) is 8.07. The zero-order chi connectivity index (χ0) is 20.4. The molecule has 27 heavy (non-hydrogen) atoms. The summed E-state index contributed by atoms with van der Waals surface area (Å²) in [5.74, 6) is 0.225. The van der Waals surface area contributed by atoms with Crippen LogP contribution in [0.3, 0.4) is 0 Å². The molecule has 1 saturated heterocycles. The van der Waals surface area contributed by atoms with Crippen LogP contribution in [-0.2, 0) is 14.6 Å². The van der Waals surface area contributed by atoms with Crippen molar-refractivity contribution in [2.24, 2.45) is 0 Å². The average Bonchev–Trinajstić information content (AvgIpc) is 2.97. The van der Waals surface area contributed by atoms with Gasteiger partial charge in [-0.1, -0.05) is 18.7 Å². The number of sulfone groups is 1. The third-order valence-electron chi connectivity index (χ3n) is 5.36. The van der Waals surface area contributed by atoms with E-state index in [9.17, 15) is 18.5 Å². The molecule has 1 aliphatic rings. The van der Waals surface area contributed by atoms with Crippen molar-refractivity contribution in [3.8, 4) is 6.07 Å². The Morgan fingerprint density at radius 3 is 2.56 bits per heavy atom. The molecule has 1 aliphatic heterocycles. The average molecular weight is 410 g/mol. The molecular weight excluding hydrogens is 382 g/mol. The lowest BCUT2D eigenvalue weighted by Crippen LogP contribution is -2.47. The predicted molar refractivity (Wildman–Crippen MR) is 108 cm³/mol. The number of hydrogen-bond donors (Lipinski definition) is 0. The van der Waals surface area contributed by atoms with Gasteiger partial charge in [0.1, 0.15) is 11.1 Å². The van der Waals surface area contributed by atoms with Gasteiger partial charge >= 0.3 is 0 Å². The minimum atomic E-state index is -3.07.